The first-order valence-electron chi connectivity index (χ1n) is 14.7. The molecule has 0 aliphatic carbocycles. The molecule has 6 heteroatoms. The van der Waals surface area contributed by atoms with Crippen molar-refractivity contribution < 1.29 is 9.47 Å². The fraction of sp³-hybridized carbons (Fsp3) is 0.688. The number of aromatic nitrogens is 2. The van der Waals surface area contributed by atoms with Gasteiger partial charge in [-0.3, -0.25) is 9.97 Å². The maximum atomic E-state index is 6.34. The minimum Gasteiger partial charge on any atom is -0.381 e. The number of hydrogen-bond acceptors (Lipinski definition) is 6. The molecule has 2 aliphatic heterocycles. The topological polar surface area (TPSA) is 50.7 Å². The average Bonchev–Trinajstić information content (AvgIpc) is 3.58. The third-order valence-corrected chi connectivity index (χ3v) is 8.18. The van der Waals surface area contributed by atoms with Crippen molar-refractivity contribution >= 4 is 0 Å². The molecule has 0 spiro atoms. The van der Waals surface area contributed by atoms with Crippen LogP contribution < -0.4 is 0 Å². The van der Waals surface area contributed by atoms with Crippen LogP contribution in [0.1, 0.15) is 105 Å². The van der Waals surface area contributed by atoms with Gasteiger partial charge >= 0.3 is 0 Å². The zero-order chi connectivity index (χ0) is 27.2. The Labute approximate surface area is 231 Å². The number of pyridine rings is 2. The lowest BCUT2D eigenvalue weighted by Crippen LogP contribution is -2.25. The highest BCUT2D eigenvalue weighted by Crippen LogP contribution is 2.34. The molecule has 6 nitrogen and oxygen atoms in total. The predicted molar refractivity (Wildman–Crippen MR) is 155 cm³/mol. The van der Waals surface area contributed by atoms with E-state index in [1.54, 1.807) is 0 Å². The first-order chi connectivity index (χ1) is 18.2. The Morgan fingerprint density at radius 1 is 0.842 bits per heavy atom. The summed E-state index contributed by atoms with van der Waals surface area (Å²) >= 11 is 0. The summed E-state index contributed by atoms with van der Waals surface area (Å²) in [6.45, 7) is 14.3. The molecule has 2 aliphatic rings. The zero-order valence-corrected chi connectivity index (χ0v) is 24.9. The Hall–Kier alpha value is -1.86. The summed E-state index contributed by atoms with van der Waals surface area (Å²) in [5.41, 5.74) is 7.62. The Kier molecular flexibility index (Phi) is 10.3. The van der Waals surface area contributed by atoms with Gasteiger partial charge in [-0.25, -0.2) is 0 Å². The second kappa shape index (κ2) is 13.5. The van der Waals surface area contributed by atoms with E-state index >= 15 is 0 Å². The average molecular weight is 523 g/mol. The smallest absolute Gasteiger partial charge is 0.0594 e. The minimum atomic E-state index is 0.298. The molecule has 4 rings (SSSR count). The molecule has 1 unspecified atom stereocenters. The Bertz CT molecular complexity index is 1030. The molecule has 0 bridgehead atoms. The largest absolute Gasteiger partial charge is 0.381 e. The molecule has 0 amide bonds. The summed E-state index contributed by atoms with van der Waals surface area (Å²) in [6.07, 6.45) is 4.51. The fourth-order valence-corrected chi connectivity index (χ4v) is 5.70. The second-order valence-electron chi connectivity index (χ2n) is 12.4. The lowest BCUT2D eigenvalue weighted by atomic mass is 9.92. The molecule has 0 radical (unpaired) electrons. The molecule has 210 valence electrons. The third kappa shape index (κ3) is 7.62. The summed E-state index contributed by atoms with van der Waals surface area (Å²) in [5, 5.41) is 0. The van der Waals surface area contributed by atoms with E-state index in [4.69, 9.17) is 19.4 Å². The van der Waals surface area contributed by atoms with E-state index in [1.165, 1.54) is 33.9 Å². The van der Waals surface area contributed by atoms with Crippen LogP contribution in [0.4, 0.5) is 0 Å². The standard InChI is InChI=1S/C32H50N4O2/c1-22(2)29-11-9-28(31(33-29)13-15-35(5)6)25-18-26(38-21-25)12-16-36(7)19-32-27(24-14-17-37-20-24)8-10-30(34-32)23(3)4/h8-11,22-26H,12-21H2,1-7H3/t24-,25+,26?/m1/s1. The van der Waals surface area contributed by atoms with Gasteiger partial charge in [0.1, 0.15) is 0 Å². The van der Waals surface area contributed by atoms with Crippen molar-refractivity contribution in [3.63, 3.8) is 0 Å². The summed E-state index contributed by atoms with van der Waals surface area (Å²) in [6, 6.07) is 9.08. The molecule has 2 fully saturated rings. The van der Waals surface area contributed by atoms with Crippen LogP contribution in [0, 0.1) is 0 Å². The van der Waals surface area contributed by atoms with E-state index in [9.17, 15) is 0 Å². The summed E-state index contributed by atoms with van der Waals surface area (Å²) < 4.78 is 12.0. The van der Waals surface area contributed by atoms with Crippen molar-refractivity contribution in [1.29, 1.82) is 0 Å². The Morgan fingerprint density at radius 3 is 2.11 bits per heavy atom. The quantitative estimate of drug-likeness (QED) is 0.355. The van der Waals surface area contributed by atoms with E-state index < -0.39 is 0 Å². The van der Waals surface area contributed by atoms with Crippen LogP contribution in [0.25, 0.3) is 0 Å². The van der Waals surface area contributed by atoms with Crippen molar-refractivity contribution in [1.82, 2.24) is 19.8 Å². The van der Waals surface area contributed by atoms with Crippen LogP contribution in [0.5, 0.6) is 0 Å². The Morgan fingerprint density at radius 2 is 1.50 bits per heavy atom. The van der Waals surface area contributed by atoms with Gasteiger partial charge in [-0.2, -0.15) is 0 Å². The fourth-order valence-electron chi connectivity index (χ4n) is 5.70. The summed E-state index contributed by atoms with van der Waals surface area (Å²) in [5.74, 6) is 1.80. The molecular weight excluding hydrogens is 472 g/mol. The minimum absolute atomic E-state index is 0.298. The van der Waals surface area contributed by atoms with E-state index in [0.717, 1.165) is 65.1 Å². The van der Waals surface area contributed by atoms with Crippen LogP contribution in [0.2, 0.25) is 0 Å². The van der Waals surface area contributed by atoms with Crippen LogP contribution in [-0.2, 0) is 22.4 Å². The maximum Gasteiger partial charge on any atom is 0.0594 e. The second-order valence-corrected chi connectivity index (χ2v) is 12.4. The first-order valence-corrected chi connectivity index (χ1v) is 14.7. The molecular formula is C32H50N4O2. The third-order valence-electron chi connectivity index (χ3n) is 8.18. The molecule has 2 aromatic heterocycles. The van der Waals surface area contributed by atoms with Crippen molar-refractivity contribution in [2.24, 2.45) is 0 Å². The van der Waals surface area contributed by atoms with Gasteiger partial charge in [-0.05, 0) is 75.5 Å². The highest BCUT2D eigenvalue weighted by Gasteiger charge is 2.29. The van der Waals surface area contributed by atoms with Crippen molar-refractivity contribution in [3.05, 3.63) is 58.2 Å². The van der Waals surface area contributed by atoms with Crippen molar-refractivity contribution in [2.75, 3.05) is 54.1 Å². The number of rotatable bonds is 12. The number of nitrogens with zero attached hydrogens (tertiary/aromatic N) is 4. The lowest BCUT2D eigenvalue weighted by Gasteiger charge is -2.22. The molecule has 2 aromatic rings. The molecule has 3 atom stereocenters. The molecule has 0 saturated carbocycles. The molecule has 0 aromatic carbocycles. The SMILES string of the molecule is CC(C)c1ccc([C@@H]2CCOC2)c(CN(C)CCC2C[C@H](c3ccc(C(C)C)nc3CCN(C)C)CO2)n1. The van der Waals surface area contributed by atoms with Crippen molar-refractivity contribution in [3.8, 4) is 0 Å². The highest BCUT2D eigenvalue weighted by molar-refractivity contribution is 5.30. The van der Waals surface area contributed by atoms with Gasteiger partial charge in [-0.1, -0.05) is 39.8 Å². The van der Waals surface area contributed by atoms with E-state index in [2.05, 4.69) is 82.9 Å². The van der Waals surface area contributed by atoms with Crippen LogP contribution >= 0.6 is 0 Å². The predicted octanol–water partition coefficient (Wildman–Crippen LogP) is 5.73. The van der Waals surface area contributed by atoms with E-state index in [-0.39, 0.29) is 0 Å². The molecule has 2 saturated heterocycles. The Balaban J connectivity index is 1.36. The van der Waals surface area contributed by atoms with E-state index in [0.29, 0.717) is 29.8 Å². The van der Waals surface area contributed by atoms with Gasteiger partial charge in [0.25, 0.3) is 0 Å². The van der Waals surface area contributed by atoms with Crippen LogP contribution in [0.3, 0.4) is 0 Å². The number of likely N-dealkylation sites (N-methyl/N-ethyl adjacent to an activating group) is 1. The molecule has 0 N–H and O–H groups in total. The van der Waals surface area contributed by atoms with Crippen LogP contribution in [0.15, 0.2) is 24.3 Å². The van der Waals surface area contributed by atoms with Gasteiger partial charge in [0, 0.05) is 61.6 Å². The van der Waals surface area contributed by atoms with Gasteiger partial charge in [0.15, 0.2) is 0 Å². The van der Waals surface area contributed by atoms with E-state index in [1.807, 2.05) is 0 Å². The lowest BCUT2D eigenvalue weighted by molar-refractivity contribution is 0.0930. The summed E-state index contributed by atoms with van der Waals surface area (Å²) in [4.78, 5) is 14.9. The number of hydrogen-bond donors (Lipinski definition) is 0. The van der Waals surface area contributed by atoms with Gasteiger partial charge < -0.3 is 19.3 Å². The molecule has 38 heavy (non-hydrogen) atoms. The van der Waals surface area contributed by atoms with Crippen molar-refractivity contribution in [2.45, 2.75) is 89.7 Å². The zero-order valence-electron chi connectivity index (χ0n) is 24.9. The normalized spacial score (nSPS) is 22.0. The highest BCUT2D eigenvalue weighted by atomic mass is 16.5. The summed E-state index contributed by atoms with van der Waals surface area (Å²) in [7, 11) is 6.49. The first kappa shape index (κ1) is 29.1. The van der Waals surface area contributed by atoms with Gasteiger partial charge in [-0.15, -0.1) is 0 Å². The van der Waals surface area contributed by atoms with Gasteiger partial charge in [0.2, 0.25) is 0 Å². The monoisotopic (exact) mass is 522 g/mol. The van der Waals surface area contributed by atoms with Gasteiger partial charge in [0.05, 0.1) is 25.0 Å². The van der Waals surface area contributed by atoms with Crippen LogP contribution in [-0.4, -0.2) is 79.9 Å². The maximum absolute atomic E-state index is 6.34. The number of ether oxygens (including phenoxy) is 2. The molecule has 4 heterocycles.